The molecule has 0 atom stereocenters. The molecule has 0 aromatic carbocycles. The lowest BCUT2D eigenvalue weighted by Gasteiger charge is -2.21. The van der Waals surface area contributed by atoms with Crippen LogP contribution in [0.15, 0.2) is 5.16 Å². The first kappa shape index (κ1) is 14.1. The smallest absolute Gasteiger partial charge is 0.433 e. The molecule has 0 aromatic heterocycles. The van der Waals surface area contributed by atoms with Gasteiger partial charge in [0.05, 0.1) is 7.11 Å². The lowest BCUT2D eigenvalue weighted by Crippen LogP contribution is -2.22. The van der Waals surface area contributed by atoms with Gasteiger partial charge in [-0.25, -0.2) is 4.79 Å². The molecule has 15 heavy (non-hydrogen) atoms. The summed E-state index contributed by atoms with van der Waals surface area (Å²) in [5.41, 5.74) is 0. The molecule has 88 valence electrons. The molecule has 0 bridgehead atoms. The Morgan fingerprint density at radius 1 is 1.53 bits per heavy atom. The summed E-state index contributed by atoms with van der Waals surface area (Å²) in [6.45, 7) is 4.12. The Bertz CT molecular complexity index is 242. The van der Waals surface area contributed by atoms with Gasteiger partial charge in [0.2, 0.25) is 5.90 Å². The van der Waals surface area contributed by atoms with Gasteiger partial charge >= 0.3 is 6.09 Å². The molecule has 1 amide bonds. The SMILES string of the molecule is CNC(=O)ON=C(CC(C)(C)SC)OC. The van der Waals surface area contributed by atoms with Gasteiger partial charge in [0, 0.05) is 18.2 Å². The van der Waals surface area contributed by atoms with Crippen molar-refractivity contribution in [2.75, 3.05) is 20.4 Å². The van der Waals surface area contributed by atoms with E-state index >= 15 is 0 Å². The van der Waals surface area contributed by atoms with Crippen molar-refractivity contribution in [3.8, 4) is 0 Å². The minimum atomic E-state index is -0.605. The van der Waals surface area contributed by atoms with Gasteiger partial charge in [-0.15, -0.1) is 0 Å². The molecule has 0 aliphatic carbocycles. The first-order valence-electron chi connectivity index (χ1n) is 4.50. The van der Waals surface area contributed by atoms with E-state index < -0.39 is 6.09 Å². The zero-order valence-corrected chi connectivity index (χ0v) is 10.6. The van der Waals surface area contributed by atoms with Crippen LogP contribution in [0.25, 0.3) is 0 Å². The molecule has 0 rings (SSSR count). The van der Waals surface area contributed by atoms with Crippen LogP contribution in [0.2, 0.25) is 0 Å². The Morgan fingerprint density at radius 2 is 2.13 bits per heavy atom. The highest BCUT2D eigenvalue weighted by Crippen LogP contribution is 2.25. The van der Waals surface area contributed by atoms with Gasteiger partial charge in [-0.05, 0) is 11.4 Å². The fourth-order valence-corrected chi connectivity index (χ4v) is 0.984. The summed E-state index contributed by atoms with van der Waals surface area (Å²) in [4.78, 5) is 15.3. The van der Waals surface area contributed by atoms with E-state index in [0.29, 0.717) is 12.3 Å². The van der Waals surface area contributed by atoms with Crippen LogP contribution in [-0.2, 0) is 9.57 Å². The van der Waals surface area contributed by atoms with Gasteiger partial charge in [-0.2, -0.15) is 11.8 Å². The van der Waals surface area contributed by atoms with Crippen molar-refractivity contribution in [1.82, 2.24) is 5.32 Å². The van der Waals surface area contributed by atoms with E-state index in [2.05, 4.69) is 29.2 Å². The van der Waals surface area contributed by atoms with Gasteiger partial charge in [-0.3, -0.25) is 4.84 Å². The lowest BCUT2D eigenvalue weighted by molar-refractivity contribution is 0.148. The molecule has 0 saturated heterocycles. The summed E-state index contributed by atoms with van der Waals surface area (Å²) in [6, 6.07) is 0. The van der Waals surface area contributed by atoms with Crippen LogP contribution in [0, 0.1) is 0 Å². The van der Waals surface area contributed by atoms with Gasteiger partial charge in [0.15, 0.2) is 0 Å². The Hall–Kier alpha value is -0.910. The maximum atomic E-state index is 10.8. The van der Waals surface area contributed by atoms with Gasteiger partial charge in [0.25, 0.3) is 0 Å². The number of methoxy groups -OCH3 is 1. The molecule has 0 unspecified atom stereocenters. The van der Waals surface area contributed by atoms with Crippen molar-refractivity contribution in [1.29, 1.82) is 0 Å². The lowest BCUT2D eigenvalue weighted by atomic mass is 10.1. The van der Waals surface area contributed by atoms with Crippen molar-refractivity contribution in [2.45, 2.75) is 25.0 Å². The van der Waals surface area contributed by atoms with Crippen LogP contribution in [-0.4, -0.2) is 37.2 Å². The van der Waals surface area contributed by atoms with E-state index in [1.54, 1.807) is 11.8 Å². The van der Waals surface area contributed by atoms with Crippen molar-refractivity contribution in [2.24, 2.45) is 5.16 Å². The third-order valence-electron chi connectivity index (χ3n) is 1.80. The van der Waals surface area contributed by atoms with Crippen LogP contribution < -0.4 is 5.32 Å². The van der Waals surface area contributed by atoms with Crippen LogP contribution in [0.3, 0.4) is 0 Å². The van der Waals surface area contributed by atoms with Crippen LogP contribution in [0.4, 0.5) is 4.79 Å². The Balaban J connectivity index is 4.30. The zero-order valence-electron chi connectivity index (χ0n) is 9.79. The molecule has 0 saturated carbocycles. The Morgan fingerprint density at radius 3 is 2.53 bits per heavy atom. The summed E-state index contributed by atoms with van der Waals surface area (Å²) in [5, 5.41) is 5.91. The monoisotopic (exact) mass is 234 g/mol. The molecule has 6 heteroatoms. The molecule has 0 heterocycles. The van der Waals surface area contributed by atoms with Crippen molar-refractivity contribution < 1.29 is 14.4 Å². The number of amides is 1. The van der Waals surface area contributed by atoms with Gasteiger partial charge in [0.1, 0.15) is 0 Å². The number of hydrogen-bond donors (Lipinski definition) is 1. The highest BCUT2D eigenvalue weighted by molar-refractivity contribution is 7.99. The quantitative estimate of drug-likeness (QED) is 0.349. The van der Waals surface area contributed by atoms with Crippen LogP contribution >= 0.6 is 11.8 Å². The van der Waals surface area contributed by atoms with Crippen molar-refractivity contribution in [3.63, 3.8) is 0 Å². The van der Waals surface area contributed by atoms with E-state index in [1.807, 2.05) is 6.26 Å². The number of rotatable bonds is 4. The highest BCUT2D eigenvalue weighted by atomic mass is 32.2. The number of oxime groups is 1. The minimum absolute atomic E-state index is 0.000887. The predicted molar refractivity (Wildman–Crippen MR) is 62.2 cm³/mol. The number of hydrogen-bond acceptors (Lipinski definition) is 5. The molecule has 0 aliphatic rings. The average molecular weight is 234 g/mol. The third kappa shape index (κ3) is 6.22. The molecular formula is C9H18N2O3S. The number of nitrogens with one attached hydrogen (secondary N) is 1. The summed E-state index contributed by atoms with van der Waals surface area (Å²) < 4.78 is 5.02. The van der Waals surface area contributed by atoms with Crippen molar-refractivity contribution >= 4 is 23.8 Å². The summed E-state index contributed by atoms with van der Waals surface area (Å²) in [6.07, 6.45) is 2.00. The van der Waals surface area contributed by atoms with Gasteiger partial charge in [-0.1, -0.05) is 13.8 Å². The fraction of sp³-hybridized carbons (Fsp3) is 0.778. The van der Waals surface area contributed by atoms with E-state index in [-0.39, 0.29) is 4.75 Å². The molecular weight excluding hydrogens is 216 g/mol. The van der Waals surface area contributed by atoms with Gasteiger partial charge < -0.3 is 10.1 Å². The third-order valence-corrected chi connectivity index (χ3v) is 3.05. The number of ether oxygens (including phenoxy) is 1. The van der Waals surface area contributed by atoms with E-state index in [1.165, 1.54) is 14.2 Å². The van der Waals surface area contributed by atoms with Crippen LogP contribution in [0.1, 0.15) is 20.3 Å². The van der Waals surface area contributed by atoms with Crippen molar-refractivity contribution in [3.05, 3.63) is 0 Å². The number of thioether (sulfide) groups is 1. The first-order chi connectivity index (χ1) is 6.95. The average Bonchev–Trinajstić information content (AvgIpc) is 2.23. The molecule has 0 aromatic rings. The molecule has 0 spiro atoms. The molecule has 1 N–H and O–H groups in total. The Kier molecular flexibility index (Phi) is 6.15. The summed E-state index contributed by atoms with van der Waals surface area (Å²) >= 11 is 1.69. The number of carbonyl (C=O) groups is 1. The predicted octanol–water partition coefficient (Wildman–Crippen LogP) is 1.83. The maximum Gasteiger partial charge on any atom is 0.433 e. The zero-order chi connectivity index (χ0) is 11.9. The molecule has 0 radical (unpaired) electrons. The maximum absolute atomic E-state index is 10.8. The summed E-state index contributed by atoms with van der Waals surface area (Å²) in [7, 11) is 2.97. The van der Waals surface area contributed by atoms with E-state index in [9.17, 15) is 4.79 Å². The van der Waals surface area contributed by atoms with E-state index in [0.717, 1.165) is 0 Å². The molecule has 5 nitrogen and oxygen atoms in total. The minimum Gasteiger partial charge on any atom is -0.482 e. The fourth-order valence-electron chi connectivity index (χ4n) is 0.716. The highest BCUT2D eigenvalue weighted by Gasteiger charge is 2.20. The summed E-state index contributed by atoms with van der Waals surface area (Å²) in [5.74, 6) is 0.401. The van der Waals surface area contributed by atoms with E-state index in [4.69, 9.17) is 4.74 Å². The second kappa shape index (κ2) is 6.55. The Labute approximate surface area is 94.6 Å². The topological polar surface area (TPSA) is 59.9 Å². The number of carbonyl (C=O) groups excluding carboxylic acids is 1. The second-order valence-electron chi connectivity index (χ2n) is 3.46. The first-order valence-corrected chi connectivity index (χ1v) is 5.72. The second-order valence-corrected chi connectivity index (χ2v) is 4.97. The molecule has 0 fully saturated rings. The standard InChI is InChI=1S/C9H18N2O3S/c1-9(2,15-5)6-7(13-4)11-14-8(12)10-3/h6H2,1-5H3,(H,10,12). The largest absolute Gasteiger partial charge is 0.482 e. The van der Waals surface area contributed by atoms with Crippen LogP contribution in [0.5, 0.6) is 0 Å². The molecule has 0 aliphatic heterocycles. The normalized spacial score (nSPS) is 12.2. The number of nitrogens with zero attached hydrogens (tertiary/aromatic N) is 1.